The van der Waals surface area contributed by atoms with Crippen molar-refractivity contribution in [3.8, 4) is 0 Å². The van der Waals surface area contributed by atoms with Crippen molar-refractivity contribution in [2.24, 2.45) is 0 Å². The van der Waals surface area contributed by atoms with Crippen LogP contribution in [0.15, 0.2) is 24.3 Å². The molecule has 1 saturated heterocycles. The van der Waals surface area contributed by atoms with Crippen molar-refractivity contribution in [3.63, 3.8) is 0 Å². The molecule has 1 aromatic carbocycles. The van der Waals surface area contributed by atoms with E-state index in [1.165, 1.54) is 24.1 Å². The second-order valence-corrected chi connectivity index (χ2v) is 5.27. The zero-order chi connectivity index (χ0) is 12.3. The molecule has 2 rings (SSSR count). The van der Waals surface area contributed by atoms with Gasteiger partial charge in [0.15, 0.2) is 0 Å². The Morgan fingerprint density at radius 1 is 1.24 bits per heavy atom. The van der Waals surface area contributed by atoms with E-state index in [1.807, 2.05) is 0 Å². The van der Waals surface area contributed by atoms with E-state index in [9.17, 15) is 5.11 Å². The van der Waals surface area contributed by atoms with Crippen molar-refractivity contribution < 1.29 is 5.11 Å². The molecule has 94 valence electrons. The lowest BCUT2D eigenvalue weighted by Crippen LogP contribution is -2.41. The van der Waals surface area contributed by atoms with E-state index in [2.05, 4.69) is 43.0 Å². The Hall–Kier alpha value is -1.02. The second kappa shape index (κ2) is 5.54. The zero-order valence-corrected chi connectivity index (χ0v) is 10.9. The number of hydrogen-bond donors (Lipinski definition) is 1. The Morgan fingerprint density at radius 3 is 2.53 bits per heavy atom. The number of piperidine rings is 1. The predicted octanol–water partition coefficient (Wildman–Crippen LogP) is 3.16. The smallest absolute Gasteiger partial charge is 0.0635 e. The SMILES string of the molecule is CC(C)c1ccc(N2CCCCC2CO)cc1. The first kappa shape index (κ1) is 12.4. The number of rotatable bonds is 3. The molecule has 1 aliphatic rings. The van der Waals surface area contributed by atoms with Gasteiger partial charge in [-0.3, -0.25) is 0 Å². The lowest BCUT2D eigenvalue weighted by Gasteiger charge is -2.36. The molecule has 1 atom stereocenters. The first-order chi connectivity index (χ1) is 8.22. The maximum atomic E-state index is 9.42. The molecule has 1 aliphatic heterocycles. The highest BCUT2D eigenvalue weighted by atomic mass is 16.3. The van der Waals surface area contributed by atoms with E-state index in [0.29, 0.717) is 12.0 Å². The third-order valence-corrected chi connectivity index (χ3v) is 3.73. The second-order valence-electron chi connectivity index (χ2n) is 5.27. The van der Waals surface area contributed by atoms with Gasteiger partial charge in [0.25, 0.3) is 0 Å². The molecule has 0 bridgehead atoms. The van der Waals surface area contributed by atoms with Crippen LogP contribution >= 0.6 is 0 Å². The molecule has 0 aliphatic carbocycles. The van der Waals surface area contributed by atoms with Crippen molar-refractivity contribution in [2.45, 2.75) is 45.1 Å². The van der Waals surface area contributed by atoms with Gasteiger partial charge in [0.1, 0.15) is 0 Å². The fourth-order valence-corrected chi connectivity index (χ4v) is 2.58. The van der Waals surface area contributed by atoms with Gasteiger partial charge >= 0.3 is 0 Å². The lowest BCUT2D eigenvalue weighted by atomic mass is 9.99. The average Bonchev–Trinajstić information content (AvgIpc) is 2.39. The van der Waals surface area contributed by atoms with Crippen molar-refractivity contribution in [1.29, 1.82) is 0 Å². The summed E-state index contributed by atoms with van der Waals surface area (Å²) >= 11 is 0. The highest BCUT2D eigenvalue weighted by Crippen LogP contribution is 2.26. The molecule has 0 amide bonds. The summed E-state index contributed by atoms with van der Waals surface area (Å²) in [5.41, 5.74) is 2.64. The zero-order valence-electron chi connectivity index (χ0n) is 10.9. The van der Waals surface area contributed by atoms with Gasteiger partial charge in [-0.2, -0.15) is 0 Å². The summed E-state index contributed by atoms with van der Waals surface area (Å²) in [7, 11) is 0. The van der Waals surface area contributed by atoms with E-state index in [0.717, 1.165) is 13.0 Å². The third-order valence-electron chi connectivity index (χ3n) is 3.73. The number of hydrogen-bond acceptors (Lipinski definition) is 2. The molecule has 0 spiro atoms. The van der Waals surface area contributed by atoms with Gasteiger partial charge in [-0.15, -0.1) is 0 Å². The van der Waals surface area contributed by atoms with E-state index in [-0.39, 0.29) is 6.61 Å². The standard InChI is InChI=1S/C15H23NO/c1-12(2)13-6-8-14(9-7-13)16-10-4-3-5-15(16)11-17/h6-9,12,15,17H,3-5,10-11H2,1-2H3. The van der Waals surface area contributed by atoms with Crippen LogP contribution in [0.4, 0.5) is 5.69 Å². The van der Waals surface area contributed by atoms with Gasteiger partial charge < -0.3 is 10.0 Å². The molecule has 1 fully saturated rings. The van der Waals surface area contributed by atoms with Crippen LogP contribution < -0.4 is 4.90 Å². The van der Waals surface area contributed by atoms with Gasteiger partial charge in [-0.05, 0) is 42.9 Å². The number of benzene rings is 1. The van der Waals surface area contributed by atoms with Crippen LogP contribution in [0.1, 0.15) is 44.6 Å². The maximum absolute atomic E-state index is 9.42. The summed E-state index contributed by atoms with van der Waals surface area (Å²) in [4.78, 5) is 2.35. The van der Waals surface area contributed by atoms with Crippen LogP contribution in [0.25, 0.3) is 0 Å². The Labute approximate surface area is 104 Å². The highest BCUT2D eigenvalue weighted by molar-refractivity contribution is 5.49. The molecule has 2 heteroatoms. The number of aliphatic hydroxyl groups is 1. The fourth-order valence-electron chi connectivity index (χ4n) is 2.58. The molecule has 1 aromatic rings. The van der Waals surface area contributed by atoms with Crippen LogP contribution in [-0.4, -0.2) is 24.3 Å². The molecular weight excluding hydrogens is 210 g/mol. The Balaban J connectivity index is 2.15. The number of anilines is 1. The van der Waals surface area contributed by atoms with Crippen molar-refractivity contribution in [2.75, 3.05) is 18.1 Å². The Kier molecular flexibility index (Phi) is 4.06. The van der Waals surface area contributed by atoms with Crippen LogP contribution in [0.2, 0.25) is 0 Å². The molecule has 2 nitrogen and oxygen atoms in total. The molecule has 0 aromatic heterocycles. The van der Waals surface area contributed by atoms with E-state index >= 15 is 0 Å². The van der Waals surface area contributed by atoms with Gasteiger partial charge in [-0.25, -0.2) is 0 Å². The normalized spacial score (nSPS) is 20.9. The van der Waals surface area contributed by atoms with Crippen LogP contribution in [0, 0.1) is 0 Å². The minimum absolute atomic E-state index is 0.270. The Bertz CT molecular complexity index is 344. The van der Waals surface area contributed by atoms with Crippen LogP contribution in [0.3, 0.4) is 0 Å². The third kappa shape index (κ3) is 2.81. The van der Waals surface area contributed by atoms with Crippen LogP contribution in [0.5, 0.6) is 0 Å². The van der Waals surface area contributed by atoms with Crippen molar-refractivity contribution in [3.05, 3.63) is 29.8 Å². The number of nitrogens with zero attached hydrogens (tertiary/aromatic N) is 1. The summed E-state index contributed by atoms with van der Waals surface area (Å²) in [6, 6.07) is 9.13. The van der Waals surface area contributed by atoms with Gasteiger partial charge in [0, 0.05) is 12.2 Å². The largest absolute Gasteiger partial charge is 0.394 e. The molecule has 0 radical (unpaired) electrons. The average molecular weight is 233 g/mol. The van der Waals surface area contributed by atoms with Gasteiger partial charge in [-0.1, -0.05) is 26.0 Å². The fraction of sp³-hybridized carbons (Fsp3) is 0.600. The van der Waals surface area contributed by atoms with Crippen molar-refractivity contribution in [1.82, 2.24) is 0 Å². The highest BCUT2D eigenvalue weighted by Gasteiger charge is 2.21. The van der Waals surface area contributed by atoms with E-state index in [1.54, 1.807) is 0 Å². The lowest BCUT2D eigenvalue weighted by molar-refractivity contribution is 0.240. The summed E-state index contributed by atoms with van der Waals surface area (Å²) < 4.78 is 0. The minimum Gasteiger partial charge on any atom is -0.394 e. The van der Waals surface area contributed by atoms with Gasteiger partial charge in [0.2, 0.25) is 0 Å². The Morgan fingerprint density at radius 2 is 1.94 bits per heavy atom. The first-order valence-corrected chi connectivity index (χ1v) is 6.70. The summed E-state index contributed by atoms with van der Waals surface area (Å²) in [6.45, 7) is 5.77. The minimum atomic E-state index is 0.270. The molecule has 1 N–H and O–H groups in total. The molecular formula is C15H23NO. The summed E-state index contributed by atoms with van der Waals surface area (Å²) in [5, 5.41) is 9.42. The number of aliphatic hydroxyl groups excluding tert-OH is 1. The molecule has 0 saturated carbocycles. The topological polar surface area (TPSA) is 23.5 Å². The monoisotopic (exact) mass is 233 g/mol. The summed E-state index contributed by atoms with van der Waals surface area (Å²) in [6.07, 6.45) is 3.59. The molecule has 1 unspecified atom stereocenters. The van der Waals surface area contributed by atoms with Crippen LogP contribution in [-0.2, 0) is 0 Å². The predicted molar refractivity (Wildman–Crippen MR) is 72.6 cm³/mol. The van der Waals surface area contributed by atoms with E-state index < -0.39 is 0 Å². The van der Waals surface area contributed by atoms with Crippen molar-refractivity contribution >= 4 is 5.69 Å². The first-order valence-electron chi connectivity index (χ1n) is 6.70. The quantitative estimate of drug-likeness (QED) is 0.867. The molecule has 1 heterocycles. The van der Waals surface area contributed by atoms with Gasteiger partial charge in [0.05, 0.1) is 12.6 Å². The maximum Gasteiger partial charge on any atom is 0.0635 e. The molecule has 17 heavy (non-hydrogen) atoms. The van der Waals surface area contributed by atoms with E-state index in [4.69, 9.17) is 0 Å². The summed E-state index contributed by atoms with van der Waals surface area (Å²) in [5.74, 6) is 0.582.